The third-order valence-electron chi connectivity index (χ3n) is 5.88. The Bertz CT molecular complexity index is 874. The van der Waals surface area contributed by atoms with Crippen LogP contribution in [0.3, 0.4) is 0 Å². The second-order valence-corrected chi connectivity index (χ2v) is 7.85. The Balaban J connectivity index is 1.53. The lowest BCUT2D eigenvalue weighted by Crippen LogP contribution is -2.48. The molecule has 2 heterocycles. The molecule has 0 spiro atoms. The van der Waals surface area contributed by atoms with Crippen LogP contribution >= 0.6 is 0 Å². The summed E-state index contributed by atoms with van der Waals surface area (Å²) in [5.74, 6) is -0.188. The van der Waals surface area contributed by atoms with Gasteiger partial charge in [-0.3, -0.25) is 14.5 Å². The summed E-state index contributed by atoms with van der Waals surface area (Å²) in [6.45, 7) is 2.97. The van der Waals surface area contributed by atoms with Crippen LogP contribution in [0.5, 0.6) is 0 Å². The maximum absolute atomic E-state index is 12.8. The van der Waals surface area contributed by atoms with E-state index in [0.29, 0.717) is 19.5 Å². The van der Waals surface area contributed by atoms with Crippen LogP contribution in [0.2, 0.25) is 0 Å². The summed E-state index contributed by atoms with van der Waals surface area (Å²) in [6.07, 6.45) is 4.00. The summed E-state index contributed by atoms with van der Waals surface area (Å²) in [4.78, 5) is 29.0. The molecule has 2 amide bonds. The van der Waals surface area contributed by atoms with Crippen molar-refractivity contribution in [2.75, 3.05) is 13.1 Å². The SMILES string of the molecule is NC(=O)[C@@H]1Cc2ccccc2CN1Cc1cccc(C(=O)N2CCCCC2)c1. The molecule has 0 saturated carbocycles. The van der Waals surface area contributed by atoms with Crippen molar-refractivity contribution >= 4 is 11.8 Å². The monoisotopic (exact) mass is 377 g/mol. The largest absolute Gasteiger partial charge is 0.368 e. The lowest BCUT2D eigenvalue weighted by Gasteiger charge is -2.35. The molecule has 2 aromatic rings. The maximum Gasteiger partial charge on any atom is 0.253 e. The predicted octanol–water partition coefficient (Wildman–Crippen LogP) is 2.72. The molecular formula is C23H27N3O2. The zero-order chi connectivity index (χ0) is 19.5. The number of fused-ring (bicyclic) bond motifs is 1. The van der Waals surface area contributed by atoms with Gasteiger partial charge in [0.15, 0.2) is 0 Å². The highest BCUT2D eigenvalue weighted by Gasteiger charge is 2.30. The lowest BCUT2D eigenvalue weighted by molar-refractivity contribution is -0.124. The molecule has 0 unspecified atom stereocenters. The molecule has 1 saturated heterocycles. The first-order valence-corrected chi connectivity index (χ1v) is 10.1. The van der Waals surface area contributed by atoms with Gasteiger partial charge >= 0.3 is 0 Å². The quantitative estimate of drug-likeness (QED) is 0.891. The molecule has 2 N–H and O–H groups in total. The normalized spacial score (nSPS) is 19.9. The minimum atomic E-state index is -0.323. The molecule has 2 aromatic carbocycles. The second kappa shape index (κ2) is 8.15. The summed E-state index contributed by atoms with van der Waals surface area (Å²) < 4.78 is 0. The Morgan fingerprint density at radius 3 is 2.46 bits per heavy atom. The first-order chi connectivity index (χ1) is 13.6. The van der Waals surface area contributed by atoms with E-state index in [4.69, 9.17) is 5.73 Å². The zero-order valence-corrected chi connectivity index (χ0v) is 16.1. The van der Waals surface area contributed by atoms with Crippen molar-refractivity contribution in [3.8, 4) is 0 Å². The molecule has 0 aliphatic carbocycles. The van der Waals surface area contributed by atoms with E-state index in [1.54, 1.807) is 0 Å². The lowest BCUT2D eigenvalue weighted by atomic mass is 9.93. The number of hydrogen-bond acceptors (Lipinski definition) is 3. The zero-order valence-electron chi connectivity index (χ0n) is 16.1. The van der Waals surface area contributed by atoms with Gasteiger partial charge in [-0.25, -0.2) is 0 Å². The highest BCUT2D eigenvalue weighted by atomic mass is 16.2. The molecule has 0 aromatic heterocycles. The fraction of sp³-hybridized carbons (Fsp3) is 0.391. The van der Waals surface area contributed by atoms with E-state index in [1.807, 2.05) is 41.3 Å². The van der Waals surface area contributed by atoms with Gasteiger partial charge in [0.2, 0.25) is 5.91 Å². The van der Waals surface area contributed by atoms with Crippen LogP contribution in [-0.4, -0.2) is 40.7 Å². The van der Waals surface area contributed by atoms with Crippen LogP contribution in [0.4, 0.5) is 0 Å². The predicted molar refractivity (Wildman–Crippen MR) is 109 cm³/mol. The van der Waals surface area contributed by atoms with Crippen molar-refractivity contribution in [1.29, 1.82) is 0 Å². The number of hydrogen-bond donors (Lipinski definition) is 1. The van der Waals surface area contributed by atoms with Gasteiger partial charge < -0.3 is 10.6 Å². The molecule has 0 radical (unpaired) electrons. The van der Waals surface area contributed by atoms with E-state index >= 15 is 0 Å². The van der Waals surface area contributed by atoms with Crippen LogP contribution in [0.1, 0.15) is 46.3 Å². The van der Waals surface area contributed by atoms with Gasteiger partial charge in [-0.2, -0.15) is 0 Å². The minimum absolute atomic E-state index is 0.108. The van der Waals surface area contributed by atoms with Gasteiger partial charge in [0.25, 0.3) is 5.91 Å². The number of likely N-dealkylation sites (tertiary alicyclic amines) is 1. The summed E-state index contributed by atoms with van der Waals surface area (Å²) in [7, 11) is 0. The Morgan fingerprint density at radius 2 is 1.71 bits per heavy atom. The topological polar surface area (TPSA) is 66.6 Å². The summed E-state index contributed by atoms with van der Waals surface area (Å²) in [5.41, 5.74) is 9.90. The fourth-order valence-corrected chi connectivity index (χ4v) is 4.34. The van der Waals surface area contributed by atoms with Gasteiger partial charge in [-0.15, -0.1) is 0 Å². The fourth-order valence-electron chi connectivity index (χ4n) is 4.34. The smallest absolute Gasteiger partial charge is 0.253 e. The van der Waals surface area contributed by atoms with Gasteiger partial charge in [0.1, 0.15) is 0 Å². The number of nitrogens with two attached hydrogens (primary N) is 1. The number of amides is 2. The van der Waals surface area contributed by atoms with Crippen molar-refractivity contribution in [1.82, 2.24) is 9.80 Å². The molecule has 2 aliphatic heterocycles. The van der Waals surface area contributed by atoms with E-state index in [2.05, 4.69) is 17.0 Å². The summed E-state index contributed by atoms with van der Waals surface area (Å²) in [5, 5.41) is 0. The number of benzene rings is 2. The van der Waals surface area contributed by atoms with E-state index in [1.165, 1.54) is 17.5 Å². The first-order valence-electron chi connectivity index (χ1n) is 10.1. The van der Waals surface area contributed by atoms with E-state index in [9.17, 15) is 9.59 Å². The number of piperidine rings is 1. The molecule has 4 rings (SSSR count). The average Bonchev–Trinajstić information content (AvgIpc) is 2.73. The molecule has 2 aliphatic rings. The maximum atomic E-state index is 12.8. The molecule has 146 valence electrons. The number of rotatable bonds is 4. The van der Waals surface area contributed by atoms with Crippen LogP contribution in [0.25, 0.3) is 0 Å². The van der Waals surface area contributed by atoms with E-state index in [0.717, 1.165) is 37.1 Å². The summed E-state index contributed by atoms with van der Waals surface area (Å²) in [6, 6.07) is 15.7. The van der Waals surface area contributed by atoms with Crippen molar-refractivity contribution in [2.45, 2.75) is 44.8 Å². The number of nitrogens with zero attached hydrogens (tertiary/aromatic N) is 2. The Hall–Kier alpha value is -2.66. The van der Waals surface area contributed by atoms with Crippen molar-refractivity contribution in [3.63, 3.8) is 0 Å². The van der Waals surface area contributed by atoms with Crippen LogP contribution in [-0.2, 0) is 24.3 Å². The van der Waals surface area contributed by atoms with Gasteiger partial charge in [-0.1, -0.05) is 36.4 Å². The minimum Gasteiger partial charge on any atom is -0.368 e. The molecule has 5 nitrogen and oxygen atoms in total. The molecule has 28 heavy (non-hydrogen) atoms. The highest BCUT2D eigenvalue weighted by Crippen LogP contribution is 2.25. The van der Waals surface area contributed by atoms with Crippen LogP contribution in [0, 0.1) is 0 Å². The number of primary amides is 1. The number of carbonyl (C=O) groups excluding carboxylic acids is 2. The highest BCUT2D eigenvalue weighted by molar-refractivity contribution is 5.94. The molecule has 5 heteroatoms. The standard InChI is InChI=1S/C23H27N3O2/c24-22(27)21-14-18-8-2-3-9-20(18)16-26(21)15-17-7-6-10-19(13-17)23(28)25-11-4-1-5-12-25/h2-3,6-10,13,21H,1,4-5,11-12,14-16H2,(H2,24,27)/t21-/m0/s1. The van der Waals surface area contributed by atoms with Gasteiger partial charge in [0, 0.05) is 31.7 Å². The Kier molecular flexibility index (Phi) is 5.44. The molecular weight excluding hydrogens is 350 g/mol. The van der Waals surface area contributed by atoms with Gasteiger partial charge in [-0.05, 0) is 54.5 Å². The van der Waals surface area contributed by atoms with E-state index < -0.39 is 0 Å². The van der Waals surface area contributed by atoms with Crippen molar-refractivity contribution in [2.24, 2.45) is 5.73 Å². The summed E-state index contributed by atoms with van der Waals surface area (Å²) >= 11 is 0. The van der Waals surface area contributed by atoms with Crippen molar-refractivity contribution < 1.29 is 9.59 Å². The Morgan fingerprint density at radius 1 is 0.964 bits per heavy atom. The van der Waals surface area contributed by atoms with Crippen LogP contribution in [0.15, 0.2) is 48.5 Å². The molecule has 0 bridgehead atoms. The third kappa shape index (κ3) is 3.94. The second-order valence-electron chi connectivity index (χ2n) is 7.85. The number of carbonyl (C=O) groups is 2. The van der Waals surface area contributed by atoms with E-state index in [-0.39, 0.29) is 17.9 Å². The van der Waals surface area contributed by atoms with Crippen molar-refractivity contribution in [3.05, 3.63) is 70.8 Å². The Labute approximate surface area is 166 Å². The molecule has 1 fully saturated rings. The first kappa shape index (κ1) is 18.7. The third-order valence-corrected chi connectivity index (χ3v) is 5.88. The molecule has 1 atom stereocenters. The average molecular weight is 377 g/mol. The van der Waals surface area contributed by atoms with Gasteiger partial charge in [0.05, 0.1) is 6.04 Å². The van der Waals surface area contributed by atoms with Crippen LogP contribution < -0.4 is 5.73 Å².